The monoisotopic (exact) mass is 664 g/mol. The molecule has 0 bridgehead atoms. The van der Waals surface area contributed by atoms with Crippen molar-refractivity contribution in [3.8, 4) is 22.5 Å². The predicted octanol–water partition coefficient (Wildman–Crippen LogP) is 13.3. The number of hydrogen-bond donors (Lipinski definition) is 0. The van der Waals surface area contributed by atoms with Crippen LogP contribution in [0.5, 0.6) is 0 Å². The number of hydrogen-bond acceptors (Lipinski definition) is 2. The molecule has 52 heavy (non-hydrogen) atoms. The van der Waals surface area contributed by atoms with Crippen LogP contribution in [0.15, 0.2) is 179 Å². The summed E-state index contributed by atoms with van der Waals surface area (Å²) in [6.45, 7) is 0. The van der Waals surface area contributed by atoms with Crippen molar-refractivity contribution < 1.29 is 8.83 Å². The van der Waals surface area contributed by atoms with E-state index < -0.39 is 0 Å². The first kappa shape index (κ1) is 27.7. The fourth-order valence-corrected chi connectivity index (χ4v) is 8.62. The molecule has 4 heteroatoms. The molecule has 0 N–H and O–H groups in total. The van der Waals surface area contributed by atoms with Crippen LogP contribution in [0.3, 0.4) is 0 Å². The molecule has 0 fully saturated rings. The predicted molar refractivity (Wildman–Crippen MR) is 215 cm³/mol. The summed E-state index contributed by atoms with van der Waals surface area (Å²) in [5, 5.41) is 9.15. The number of benzene rings is 8. The van der Waals surface area contributed by atoms with Gasteiger partial charge < -0.3 is 18.0 Å². The van der Waals surface area contributed by atoms with Crippen molar-refractivity contribution in [2.75, 3.05) is 0 Å². The van der Waals surface area contributed by atoms with Crippen LogP contribution in [0.4, 0.5) is 0 Å². The maximum Gasteiger partial charge on any atom is 0.136 e. The summed E-state index contributed by atoms with van der Waals surface area (Å²) < 4.78 is 18.1. The fraction of sp³-hybridized carbons (Fsp3) is 0. The number of nitrogens with zero attached hydrogens (tertiary/aromatic N) is 2. The van der Waals surface area contributed by atoms with Gasteiger partial charge in [0.1, 0.15) is 22.3 Å². The Hall–Kier alpha value is -7.04. The molecule has 0 unspecified atom stereocenters. The van der Waals surface area contributed by atoms with E-state index in [2.05, 4.69) is 179 Å². The smallest absolute Gasteiger partial charge is 0.136 e. The Bertz CT molecular complexity index is 3300. The van der Waals surface area contributed by atoms with E-state index in [9.17, 15) is 0 Å². The molecule has 0 aliphatic rings. The van der Waals surface area contributed by atoms with Gasteiger partial charge in [-0.2, -0.15) is 0 Å². The zero-order valence-electron chi connectivity index (χ0n) is 27.9. The van der Waals surface area contributed by atoms with Crippen molar-refractivity contribution in [1.82, 2.24) is 9.13 Å². The zero-order valence-corrected chi connectivity index (χ0v) is 27.9. The van der Waals surface area contributed by atoms with Crippen molar-refractivity contribution >= 4 is 87.5 Å². The van der Waals surface area contributed by atoms with E-state index >= 15 is 0 Å². The quantitative estimate of drug-likeness (QED) is 0.188. The summed E-state index contributed by atoms with van der Waals surface area (Å²) >= 11 is 0. The van der Waals surface area contributed by atoms with Crippen LogP contribution in [-0.4, -0.2) is 9.13 Å². The van der Waals surface area contributed by atoms with Crippen LogP contribution < -0.4 is 0 Å². The van der Waals surface area contributed by atoms with Crippen molar-refractivity contribution in [3.63, 3.8) is 0 Å². The molecule has 0 aliphatic heterocycles. The Balaban J connectivity index is 1.12. The summed E-state index contributed by atoms with van der Waals surface area (Å²) in [6.07, 6.45) is 0. The minimum absolute atomic E-state index is 0.839. The van der Waals surface area contributed by atoms with Gasteiger partial charge in [0.2, 0.25) is 0 Å². The number of para-hydroxylation sites is 4. The standard InChI is InChI=1S/C48H28N2O2/c1-2-12-29(13-3-1)35-26-46-37(25-44(35)50-42-20-10-6-16-33(42)34-17-7-11-21-43(34)50)39-28-47-38(27-48(39)52-46)36-24-30(22-23-45(36)51-47)49-40-18-8-4-14-31(40)32-15-5-9-19-41(32)49/h1-28H. The molecule has 4 aromatic heterocycles. The van der Waals surface area contributed by atoms with Crippen LogP contribution in [-0.2, 0) is 0 Å². The molecule has 0 radical (unpaired) electrons. The highest BCUT2D eigenvalue weighted by atomic mass is 16.3. The lowest BCUT2D eigenvalue weighted by Gasteiger charge is -2.14. The molecular weight excluding hydrogens is 637 g/mol. The minimum atomic E-state index is 0.839. The second-order valence-electron chi connectivity index (χ2n) is 13.7. The summed E-state index contributed by atoms with van der Waals surface area (Å²) in [5.74, 6) is 0. The van der Waals surface area contributed by atoms with Gasteiger partial charge in [-0.1, -0.05) is 103 Å². The molecule has 0 aliphatic carbocycles. The lowest BCUT2D eigenvalue weighted by atomic mass is 10.00. The van der Waals surface area contributed by atoms with Crippen molar-refractivity contribution in [3.05, 3.63) is 170 Å². The molecule has 0 atom stereocenters. The third kappa shape index (κ3) is 3.75. The molecule has 12 rings (SSSR count). The molecule has 0 saturated heterocycles. The van der Waals surface area contributed by atoms with Crippen LogP contribution in [0.1, 0.15) is 0 Å². The first-order valence-electron chi connectivity index (χ1n) is 17.7. The average Bonchev–Trinajstić information content (AvgIpc) is 3.94. The van der Waals surface area contributed by atoms with E-state index in [1.165, 1.54) is 43.6 Å². The average molecular weight is 665 g/mol. The minimum Gasteiger partial charge on any atom is -0.456 e. The second kappa shape index (κ2) is 10.3. The molecular formula is C48H28N2O2. The largest absolute Gasteiger partial charge is 0.456 e. The van der Waals surface area contributed by atoms with E-state index in [1.807, 2.05) is 0 Å². The van der Waals surface area contributed by atoms with E-state index in [4.69, 9.17) is 8.83 Å². The van der Waals surface area contributed by atoms with Crippen LogP contribution in [0.25, 0.3) is 110 Å². The zero-order chi connectivity index (χ0) is 33.9. The number of furan rings is 2. The maximum atomic E-state index is 6.75. The van der Waals surface area contributed by atoms with E-state index in [0.29, 0.717) is 0 Å². The molecule has 0 amide bonds. The second-order valence-corrected chi connectivity index (χ2v) is 13.7. The summed E-state index contributed by atoms with van der Waals surface area (Å²) in [6, 6.07) is 60.5. The number of aromatic nitrogens is 2. The molecule has 4 nitrogen and oxygen atoms in total. The van der Waals surface area contributed by atoms with Crippen molar-refractivity contribution in [1.29, 1.82) is 0 Å². The Morgan fingerprint density at radius 3 is 1.33 bits per heavy atom. The van der Waals surface area contributed by atoms with Gasteiger partial charge in [0.15, 0.2) is 0 Å². The van der Waals surface area contributed by atoms with E-state index in [-0.39, 0.29) is 0 Å². The number of rotatable bonds is 3. The van der Waals surface area contributed by atoms with Gasteiger partial charge in [0.25, 0.3) is 0 Å². The van der Waals surface area contributed by atoms with Gasteiger partial charge in [-0.05, 0) is 72.3 Å². The van der Waals surface area contributed by atoms with Gasteiger partial charge in [-0.3, -0.25) is 0 Å². The summed E-state index contributed by atoms with van der Waals surface area (Å²) in [5.41, 5.74) is 12.6. The Kier molecular flexibility index (Phi) is 5.47. The van der Waals surface area contributed by atoms with Gasteiger partial charge in [-0.25, -0.2) is 0 Å². The number of fused-ring (bicyclic) bond motifs is 12. The van der Waals surface area contributed by atoms with Gasteiger partial charge >= 0.3 is 0 Å². The van der Waals surface area contributed by atoms with E-state index in [1.54, 1.807) is 0 Å². The summed E-state index contributed by atoms with van der Waals surface area (Å²) in [4.78, 5) is 0. The normalized spacial score (nSPS) is 12.2. The van der Waals surface area contributed by atoms with Crippen molar-refractivity contribution in [2.45, 2.75) is 0 Å². The molecule has 0 saturated carbocycles. The molecule has 8 aromatic carbocycles. The van der Waals surface area contributed by atoms with Gasteiger partial charge in [-0.15, -0.1) is 0 Å². The van der Waals surface area contributed by atoms with Crippen LogP contribution in [0.2, 0.25) is 0 Å². The molecule has 12 aromatic rings. The fourth-order valence-electron chi connectivity index (χ4n) is 8.62. The highest BCUT2D eigenvalue weighted by molar-refractivity contribution is 6.17. The summed E-state index contributed by atoms with van der Waals surface area (Å²) in [7, 11) is 0. The first-order chi connectivity index (χ1) is 25.8. The third-order valence-corrected chi connectivity index (χ3v) is 10.9. The molecule has 0 spiro atoms. The van der Waals surface area contributed by atoms with Crippen LogP contribution in [0, 0.1) is 0 Å². The Morgan fingerprint density at radius 2 is 0.750 bits per heavy atom. The van der Waals surface area contributed by atoms with Crippen molar-refractivity contribution in [2.24, 2.45) is 0 Å². The van der Waals surface area contributed by atoms with Crippen LogP contribution >= 0.6 is 0 Å². The topological polar surface area (TPSA) is 36.1 Å². The Morgan fingerprint density at radius 1 is 0.308 bits per heavy atom. The lowest BCUT2D eigenvalue weighted by Crippen LogP contribution is -1.97. The van der Waals surface area contributed by atoms with E-state index in [0.717, 1.165) is 66.4 Å². The highest BCUT2D eigenvalue weighted by Gasteiger charge is 2.21. The highest BCUT2D eigenvalue weighted by Crippen LogP contribution is 2.43. The molecule has 242 valence electrons. The third-order valence-electron chi connectivity index (χ3n) is 10.9. The Labute approximate surface area is 296 Å². The molecule has 4 heterocycles. The van der Waals surface area contributed by atoms with Gasteiger partial charge in [0, 0.05) is 54.3 Å². The first-order valence-corrected chi connectivity index (χ1v) is 17.7. The lowest BCUT2D eigenvalue weighted by molar-refractivity contribution is 0.664. The SMILES string of the molecule is c1ccc(-c2cc3oc4cc5c(cc4c3cc2-n2c3ccccc3c3ccccc32)oc2ccc(-n3c4ccccc4c4ccccc43)cc25)cc1. The van der Waals surface area contributed by atoms with Gasteiger partial charge in [0.05, 0.1) is 27.8 Å². The maximum absolute atomic E-state index is 6.75.